The van der Waals surface area contributed by atoms with Gasteiger partial charge in [0.1, 0.15) is 0 Å². The summed E-state index contributed by atoms with van der Waals surface area (Å²) in [6.45, 7) is 1.37. The quantitative estimate of drug-likeness (QED) is 0.837. The Morgan fingerprint density at radius 2 is 2.20 bits per heavy atom. The fourth-order valence-electron chi connectivity index (χ4n) is 2.47. The van der Waals surface area contributed by atoms with Gasteiger partial charge in [-0.05, 0) is 18.9 Å². The molecule has 0 amide bonds. The maximum atomic E-state index is 11.8. The summed E-state index contributed by atoms with van der Waals surface area (Å²) < 4.78 is 5.49. The minimum atomic E-state index is -0.297. The average molecular weight is 272 g/mol. The van der Waals surface area contributed by atoms with Crippen LogP contribution in [-0.2, 0) is 4.74 Å². The molecule has 1 aromatic heterocycles. The molecule has 20 heavy (non-hydrogen) atoms. The lowest BCUT2D eigenvalue weighted by Gasteiger charge is -2.06. The fourth-order valence-corrected chi connectivity index (χ4v) is 2.47. The Morgan fingerprint density at radius 1 is 1.40 bits per heavy atom. The number of rotatable bonds is 3. The molecular weight excluding hydrogens is 256 g/mol. The molecule has 5 heteroatoms. The van der Waals surface area contributed by atoms with Gasteiger partial charge in [0.25, 0.3) is 5.56 Å². The molecule has 5 nitrogen and oxygen atoms in total. The number of hydrogen-bond acceptors (Lipinski definition) is 4. The van der Waals surface area contributed by atoms with Crippen molar-refractivity contribution in [1.82, 2.24) is 4.98 Å². The van der Waals surface area contributed by atoms with Gasteiger partial charge in [0.15, 0.2) is 0 Å². The number of aliphatic imine (C=N–C) groups is 1. The topological polar surface area (TPSA) is 74.7 Å². The zero-order valence-corrected chi connectivity index (χ0v) is 11.0. The highest BCUT2D eigenvalue weighted by Gasteiger charge is 2.14. The second kappa shape index (κ2) is 5.46. The van der Waals surface area contributed by atoms with E-state index < -0.39 is 0 Å². The van der Waals surface area contributed by atoms with Crippen LogP contribution in [0.3, 0.4) is 0 Å². The van der Waals surface area contributed by atoms with E-state index in [0.717, 1.165) is 19.4 Å². The largest absolute Gasteiger partial charge is 0.494 e. The number of nitrogens with zero attached hydrogens (tertiary/aromatic N) is 1. The van der Waals surface area contributed by atoms with Crippen LogP contribution in [0.2, 0.25) is 0 Å². The van der Waals surface area contributed by atoms with Crippen molar-refractivity contribution >= 4 is 17.0 Å². The van der Waals surface area contributed by atoms with E-state index in [2.05, 4.69) is 9.98 Å². The van der Waals surface area contributed by atoms with Crippen molar-refractivity contribution in [2.75, 3.05) is 13.2 Å². The number of aromatic hydroxyl groups is 1. The lowest BCUT2D eigenvalue weighted by atomic mass is 10.1. The molecule has 1 aliphatic heterocycles. The number of aromatic nitrogens is 1. The molecule has 0 saturated carbocycles. The van der Waals surface area contributed by atoms with Gasteiger partial charge in [-0.25, -0.2) is 0 Å². The Hall–Kier alpha value is -2.14. The summed E-state index contributed by atoms with van der Waals surface area (Å²) in [7, 11) is 0. The van der Waals surface area contributed by atoms with Crippen molar-refractivity contribution in [2.24, 2.45) is 4.99 Å². The second-order valence-electron chi connectivity index (χ2n) is 4.89. The van der Waals surface area contributed by atoms with E-state index in [1.807, 2.05) is 6.07 Å². The zero-order chi connectivity index (χ0) is 13.9. The number of nitrogens with one attached hydrogen (secondary N) is 1. The van der Waals surface area contributed by atoms with Crippen LogP contribution in [0.25, 0.3) is 10.8 Å². The molecule has 1 aliphatic rings. The molecule has 2 heterocycles. The maximum absolute atomic E-state index is 11.8. The minimum Gasteiger partial charge on any atom is -0.494 e. The summed E-state index contributed by atoms with van der Waals surface area (Å²) >= 11 is 0. The molecule has 2 aromatic rings. The summed E-state index contributed by atoms with van der Waals surface area (Å²) in [5, 5.41) is 11.1. The molecule has 0 spiro atoms. The minimum absolute atomic E-state index is 0.148. The number of aromatic amines is 1. The summed E-state index contributed by atoms with van der Waals surface area (Å²) in [5.74, 6) is -0.148. The van der Waals surface area contributed by atoms with Crippen LogP contribution in [0.1, 0.15) is 18.4 Å². The first kappa shape index (κ1) is 12.9. The molecule has 3 rings (SSSR count). The highest BCUT2D eigenvalue weighted by Crippen LogP contribution is 2.20. The Bertz CT molecular complexity index is 700. The highest BCUT2D eigenvalue weighted by atomic mass is 16.5. The van der Waals surface area contributed by atoms with Gasteiger partial charge in [-0.3, -0.25) is 14.8 Å². The Kier molecular flexibility index (Phi) is 3.52. The predicted molar refractivity (Wildman–Crippen MR) is 77.7 cm³/mol. The van der Waals surface area contributed by atoms with E-state index in [9.17, 15) is 9.90 Å². The lowest BCUT2D eigenvalue weighted by Crippen LogP contribution is -2.10. The van der Waals surface area contributed by atoms with Crippen molar-refractivity contribution in [2.45, 2.75) is 18.9 Å². The van der Waals surface area contributed by atoms with E-state index in [1.54, 1.807) is 24.4 Å². The zero-order valence-electron chi connectivity index (χ0n) is 11.0. The molecule has 104 valence electrons. The standard InChI is InChI=1S/C15H16N2O3/c18-14-12-6-2-1-5-11(12)13(15(19)17-14)9-16-8-10-4-3-7-20-10/h1-2,5-6,9-10H,3-4,7-8H2,(H2,17,18,19)/t10-/m0/s1. The molecule has 2 N–H and O–H groups in total. The van der Waals surface area contributed by atoms with Gasteiger partial charge in [-0.1, -0.05) is 18.2 Å². The average Bonchev–Trinajstić information content (AvgIpc) is 2.96. The molecule has 0 bridgehead atoms. The summed E-state index contributed by atoms with van der Waals surface area (Å²) in [4.78, 5) is 18.5. The van der Waals surface area contributed by atoms with Gasteiger partial charge < -0.3 is 9.84 Å². The first-order chi connectivity index (χ1) is 9.75. The fraction of sp³-hybridized carbons (Fsp3) is 0.333. The van der Waals surface area contributed by atoms with Crippen LogP contribution < -0.4 is 5.56 Å². The predicted octanol–water partition coefficient (Wildman–Crippen LogP) is 1.83. The number of ether oxygens (including phenoxy) is 1. The number of pyridine rings is 1. The molecule has 0 unspecified atom stereocenters. The molecule has 0 radical (unpaired) electrons. The van der Waals surface area contributed by atoms with E-state index in [4.69, 9.17) is 4.74 Å². The van der Waals surface area contributed by atoms with E-state index in [0.29, 0.717) is 22.9 Å². The van der Waals surface area contributed by atoms with Crippen molar-refractivity contribution in [3.63, 3.8) is 0 Å². The molecule has 1 atom stereocenters. The van der Waals surface area contributed by atoms with Crippen LogP contribution in [-0.4, -0.2) is 35.6 Å². The van der Waals surface area contributed by atoms with Gasteiger partial charge in [0, 0.05) is 23.6 Å². The summed E-state index contributed by atoms with van der Waals surface area (Å²) in [5.41, 5.74) is 0.243. The summed E-state index contributed by atoms with van der Waals surface area (Å²) in [6.07, 6.45) is 3.88. The van der Waals surface area contributed by atoms with Crippen LogP contribution in [0.5, 0.6) is 5.88 Å². The highest BCUT2D eigenvalue weighted by molar-refractivity contribution is 6.01. The first-order valence-electron chi connectivity index (χ1n) is 6.71. The SMILES string of the molecule is O=c1[nH]c(O)c(C=NC[C@@H]2CCCO2)c2ccccc12. The van der Waals surface area contributed by atoms with E-state index in [-0.39, 0.29) is 17.5 Å². The van der Waals surface area contributed by atoms with Gasteiger partial charge >= 0.3 is 0 Å². The molecular formula is C15H16N2O3. The van der Waals surface area contributed by atoms with Crippen LogP contribution >= 0.6 is 0 Å². The number of hydrogen-bond donors (Lipinski definition) is 2. The third-order valence-electron chi connectivity index (χ3n) is 3.50. The van der Waals surface area contributed by atoms with Gasteiger partial charge in [0.05, 0.1) is 18.2 Å². The van der Waals surface area contributed by atoms with Crippen molar-refractivity contribution in [1.29, 1.82) is 0 Å². The second-order valence-corrected chi connectivity index (χ2v) is 4.89. The van der Waals surface area contributed by atoms with Gasteiger partial charge in [0.2, 0.25) is 5.88 Å². The molecule has 1 aromatic carbocycles. The van der Waals surface area contributed by atoms with E-state index in [1.165, 1.54) is 0 Å². The number of H-pyrrole nitrogens is 1. The van der Waals surface area contributed by atoms with Gasteiger partial charge in [-0.15, -0.1) is 0 Å². The smallest absolute Gasteiger partial charge is 0.258 e. The summed E-state index contributed by atoms with van der Waals surface area (Å²) in [6, 6.07) is 7.16. The van der Waals surface area contributed by atoms with E-state index >= 15 is 0 Å². The van der Waals surface area contributed by atoms with Crippen LogP contribution in [0, 0.1) is 0 Å². The number of fused-ring (bicyclic) bond motifs is 1. The molecule has 1 fully saturated rings. The third kappa shape index (κ3) is 2.44. The monoisotopic (exact) mass is 272 g/mol. The molecule has 0 aliphatic carbocycles. The van der Waals surface area contributed by atoms with Crippen molar-refractivity contribution in [3.05, 3.63) is 40.2 Å². The molecule has 1 saturated heterocycles. The number of benzene rings is 1. The first-order valence-corrected chi connectivity index (χ1v) is 6.71. The van der Waals surface area contributed by atoms with Crippen LogP contribution in [0.15, 0.2) is 34.1 Å². The van der Waals surface area contributed by atoms with Crippen LogP contribution in [0.4, 0.5) is 0 Å². The third-order valence-corrected chi connectivity index (χ3v) is 3.50. The van der Waals surface area contributed by atoms with Gasteiger partial charge in [-0.2, -0.15) is 0 Å². The van der Waals surface area contributed by atoms with Crippen molar-refractivity contribution in [3.8, 4) is 5.88 Å². The maximum Gasteiger partial charge on any atom is 0.258 e. The Balaban J connectivity index is 1.94. The van der Waals surface area contributed by atoms with Crippen molar-refractivity contribution < 1.29 is 9.84 Å². The Morgan fingerprint density at radius 3 is 2.95 bits per heavy atom. The lowest BCUT2D eigenvalue weighted by molar-refractivity contribution is 0.118. The normalized spacial score (nSPS) is 19.1. The Labute approximate surface area is 115 Å².